The van der Waals surface area contributed by atoms with Gasteiger partial charge in [0.05, 0.1) is 6.21 Å². The van der Waals surface area contributed by atoms with Gasteiger partial charge in [0.25, 0.3) is 0 Å². The summed E-state index contributed by atoms with van der Waals surface area (Å²) in [6, 6.07) is 0. The molecule has 4 heteroatoms. The number of nitrogens with one attached hydrogen (secondary N) is 1. The molecule has 27 heavy (non-hydrogen) atoms. The normalized spacial score (nSPS) is 17.4. The fourth-order valence-corrected chi connectivity index (χ4v) is 2.82. The van der Waals surface area contributed by atoms with Crippen molar-refractivity contribution in [3.05, 3.63) is 36.1 Å². The third-order valence-corrected chi connectivity index (χ3v) is 5.24. The molecule has 1 N–H and O–H groups in total. The highest BCUT2D eigenvalue weighted by atomic mass is 19.2. The van der Waals surface area contributed by atoms with Crippen LogP contribution in [-0.2, 0) is 0 Å². The molecule has 0 aromatic carbocycles. The second kappa shape index (κ2) is 14.1. The van der Waals surface area contributed by atoms with Crippen molar-refractivity contribution in [2.24, 2.45) is 21.5 Å². The molecule has 148 valence electrons. The molecule has 1 atom stereocenters. The molecule has 0 bridgehead atoms. The Hall–Kier alpha value is -1.99. The van der Waals surface area contributed by atoms with Gasteiger partial charge in [-0.15, -0.1) is 0 Å². The van der Waals surface area contributed by atoms with E-state index in [2.05, 4.69) is 54.0 Å². The van der Waals surface area contributed by atoms with E-state index in [0.717, 1.165) is 50.9 Å². The third kappa shape index (κ3) is 11.4. The minimum atomic E-state index is 0.602. The van der Waals surface area contributed by atoms with E-state index in [1.165, 1.54) is 30.9 Å². The molecule has 1 unspecified atom stereocenters. The van der Waals surface area contributed by atoms with Gasteiger partial charge in [0.15, 0.2) is 0 Å². The number of unbranched alkanes of at least 4 members (excludes halogenated alkanes) is 2. The molecule has 1 aliphatic rings. The Labute approximate surface area is 164 Å². The monoisotopic (exact) mass is 371 g/mol. The maximum Gasteiger partial charge on any atom is 0.0605 e. The van der Waals surface area contributed by atoms with Gasteiger partial charge >= 0.3 is 0 Å². The Morgan fingerprint density at radius 2 is 2.19 bits per heavy atom. The van der Waals surface area contributed by atoms with Crippen LogP contribution in [-0.4, -0.2) is 26.0 Å². The fraction of sp³-hybridized carbons (Fsp3) is 0.565. The van der Waals surface area contributed by atoms with Gasteiger partial charge in [-0.05, 0) is 87.9 Å². The van der Waals surface area contributed by atoms with Crippen LogP contribution in [0.2, 0.25) is 0 Å². The molecule has 0 aromatic rings. The molecule has 1 rings (SSSR count). The predicted octanol–water partition coefficient (Wildman–Crippen LogP) is 5.62. The van der Waals surface area contributed by atoms with Crippen molar-refractivity contribution in [3.63, 3.8) is 0 Å². The Balaban J connectivity index is 2.22. The number of hydrogen-bond acceptors (Lipinski definition) is 3. The molecule has 0 amide bonds. The Morgan fingerprint density at radius 1 is 1.37 bits per heavy atom. The molecule has 0 saturated heterocycles. The highest BCUT2D eigenvalue weighted by molar-refractivity contribution is 5.71. The van der Waals surface area contributed by atoms with Gasteiger partial charge in [-0.1, -0.05) is 47.0 Å². The first-order valence-corrected chi connectivity index (χ1v) is 9.92. The van der Waals surface area contributed by atoms with Crippen LogP contribution in [0.1, 0.15) is 58.8 Å². The first-order chi connectivity index (χ1) is 13.1. The van der Waals surface area contributed by atoms with Crippen LogP contribution in [0.15, 0.2) is 46.3 Å². The third-order valence-electron chi connectivity index (χ3n) is 5.24. The van der Waals surface area contributed by atoms with E-state index in [4.69, 9.17) is 0 Å². The van der Waals surface area contributed by atoms with Gasteiger partial charge in [-0.2, -0.15) is 0 Å². The molecular formula is C23H34FN3. The van der Waals surface area contributed by atoms with Gasteiger partial charge in [-0.25, -0.2) is 0 Å². The van der Waals surface area contributed by atoms with E-state index in [1.54, 1.807) is 12.3 Å². The van der Waals surface area contributed by atoms with Crippen molar-refractivity contribution in [1.29, 1.82) is 0 Å². The first-order valence-electron chi connectivity index (χ1n) is 9.92. The van der Waals surface area contributed by atoms with Crippen LogP contribution in [0.5, 0.6) is 0 Å². The summed E-state index contributed by atoms with van der Waals surface area (Å²) >= 11 is 0. The molecule has 0 heterocycles. The number of rotatable bonds is 13. The summed E-state index contributed by atoms with van der Waals surface area (Å²) in [6.45, 7) is 10.5. The van der Waals surface area contributed by atoms with Crippen molar-refractivity contribution in [1.82, 2.24) is 5.32 Å². The predicted molar refractivity (Wildman–Crippen MR) is 116 cm³/mol. The van der Waals surface area contributed by atoms with Gasteiger partial charge < -0.3 is 5.32 Å². The second-order valence-electron chi connectivity index (χ2n) is 7.46. The maximum absolute atomic E-state index is 11.5. The van der Waals surface area contributed by atoms with Crippen molar-refractivity contribution >= 4 is 12.9 Å². The van der Waals surface area contributed by atoms with Crippen molar-refractivity contribution in [2.45, 2.75) is 58.8 Å². The molecule has 0 aromatic heterocycles. The molecule has 3 nitrogen and oxygen atoms in total. The summed E-state index contributed by atoms with van der Waals surface area (Å²) in [7, 11) is 0. The van der Waals surface area contributed by atoms with Crippen LogP contribution in [0, 0.1) is 23.2 Å². The van der Waals surface area contributed by atoms with E-state index >= 15 is 0 Å². The van der Waals surface area contributed by atoms with Crippen molar-refractivity contribution < 1.29 is 4.48 Å². The van der Waals surface area contributed by atoms with E-state index < -0.39 is 0 Å². The highest BCUT2D eigenvalue weighted by Gasteiger charge is 2.41. The second-order valence-corrected chi connectivity index (χ2v) is 7.46. The SMILES string of the molecule is C=N/C=C\C(=C/CCC#C/C=C\C=NF)CCCCNCC(C)C1(C)CC1. The van der Waals surface area contributed by atoms with Crippen molar-refractivity contribution in [2.75, 3.05) is 13.1 Å². The van der Waals surface area contributed by atoms with Gasteiger partial charge in [-0.3, -0.25) is 4.99 Å². The van der Waals surface area contributed by atoms with Crippen LogP contribution in [0.3, 0.4) is 0 Å². The smallest absolute Gasteiger partial charge is 0.0605 e. The standard InChI is InChI=1S/C23H34FN3/c1-21(23(2)15-16-23)20-26-17-11-9-13-22(14-19-25-3)12-8-6-4-5-7-10-18-27-24/h7,10,12,14,18-19,21,26H,3,6,8-9,11,13,15-17,20H2,1-2H3/b10-7-,19-14-,22-12-,27-18?. The van der Waals surface area contributed by atoms with Crippen LogP contribution < -0.4 is 5.32 Å². The zero-order valence-electron chi connectivity index (χ0n) is 16.9. The molecule has 1 aliphatic carbocycles. The van der Waals surface area contributed by atoms with Gasteiger partial charge in [0.1, 0.15) is 0 Å². The molecular weight excluding hydrogens is 337 g/mol. The number of allylic oxidation sites excluding steroid dienone is 5. The summed E-state index contributed by atoms with van der Waals surface area (Å²) in [6.07, 6.45) is 17.9. The topological polar surface area (TPSA) is 36.8 Å². The lowest BCUT2D eigenvalue weighted by Crippen LogP contribution is -2.26. The minimum absolute atomic E-state index is 0.602. The minimum Gasteiger partial charge on any atom is -0.316 e. The van der Waals surface area contributed by atoms with Gasteiger partial charge in [0, 0.05) is 12.6 Å². The van der Waals surface area contributed by atoms with E-state index in [1.807, 2.05) is 6.08 Å². The molecule has 0 aliphatic heterocycles. The maximum atomic E-state index is 11.5. The average Bonchev–Trinajstić information content (AvgIpc) is 3.42. The first kappa shape index (κ1) is 23.0. The number of halogens is 1. The summed E-state index contributed by atoms with van der Waals surface area (Å²) in [5.74, 6) is 6.66. The van der Waals surface area contributed by atoms with Crippen LogP contribution in [0.4, 0.5) is 4.48 Å². The summed E-state index contributed by atoms with van der Waals surface area (Å²) in [5, 5.41) is 5.98. The molecule has 1 saturated carbocycles. The van der Waals surface area contributed by atoms with E-state index in [0.29, 0.717) is 5.41 Å². The number of hydrogen-bond donors (Lipinski definition) is 1. The van der Waals surface area contributed by atoms with Gasteiger partial charge in [0.2, 0.25) is 0 Å². The van der Waals surface area contributed by atoms with Crippen LogP contribution in [0.25, 0.3) is 0 Å². The lowest BCUT2D eigenvalue weighted by atomic mass is 9.93. The quantitative estimate of drug-likeness (QED) is 0.194. The lowest BCUT2D eigenvalue weighted by molar-refractivity contribution is 0.345. The molecule has 0 radical (unpaired) electrons. The summed E-state index contributed by atoms with van der Waals surface area (Å²) in [4.78, 5) is 3.80. The molecule has 1 fully saturated rings. The Bertz CT molecular complexity index is 601. The average molecular weight is 372 g/mol. The number of nitrogens with zero attached hydrogens (tertiary/aromatic N) is 2. The van der Waals surface area contributed by atoms with Crippen LogP contribution >= 0.6 is 0 Å². The van der Waals surface area contributed by atoms with Crippen molar-refractivity contribution in [3.8, 4) is 11.8 Å². The summed E-state index contributed by atoms with van der Waals surface area (Å²) in [5.41, 5.74) is 1.88. The highest BCUT2D eigenvalue weighted by Crippen LogP contribution is 2.51. The Kier molecular flexibility index (Phi) is 12.1. The summed E-state index contributed by atoms with van der Waals surface area (Å²) < 4.78 is 11.5. The number of aliphatic imine (C=N–C) groups is 1. The molecule has 0 spiro atoms. The lowest BCUT2D eigenvalue weighted by Gasteiger charge is -2.19. The van der Waals surface area contributed by atoms with E-state index in [9.17, 15) is 4.48 Å². The fourth-order valence-electron chi connectivity index (χ4n) is 2.82. The van der Waals surface area contributed by atoms with E-state index in [-0.39, 0.29) is 0 Å². The Morgan fingerprint density at radius 3 is 2.89 bits per heavy atom. The largest absolute Gasteiger partial charge is 0.316 e. The zero-order valence-corrected chi connectivity index (χ0v) is 16.9. The zero-order chi connectivity index (χ0) is 19.8.